The number of halogens is 4. The number of nitrogens with zero attached hydrogens (tertiary/aromatic N) is 5. The summed E-state index contributed by atoms with van der Waals surface area (Å²) in [6, 6.07) is 7.85. The summed E-state index contributed by atoms with van der Waals surface area (Å²) >= 11 is 0. The number of sulfonamides is 1. The summed E-state index contributed by atoms with van der Waals surface area (Å²) in [6.07, 6.45) is -5.47. The average molecular weight is 579 g/mol. The zero-order chi connectivity index (χ0) is 28.8. The van der Waals surface area contributed by atoms with E-state index in [9.17, 15) is 30.8 Å². The lowest BCUT2D eigenvalue weighted by Crippen LogP contribution is -2.52. The number of fused-ring (bicyclic) bond motifs is 1. The molecule has 1 amide bonds. The first-order valence-corrected chi connectivity index (χ1v) is 12.5. The van der Waals surface area contributed by atoms with Crippen LogP contribution in [0.2, 0.25) is 0 Å². The van der Waals surface area contributed by atoms with Crippen molar-refractivity contribution in [2.24, 2.45) is 0 Å². The first-order chi connectivity index (χ1) is 18.3. The number of carboxylic acid groups (broad SMARTS) is 1. The third-order valence-electron chi connectivity index (χ3n) is 5.36. The van der Waals surface area contributed by atoms with Gasteiger partial charge in [-0.15, -0.1) is 0 Å². The molecule has 1 aromatic carbocycles. The number of alkyl halides is 4. The number of carbonyl (C=O) groups is 2. The van der Waals surface area contributed by atoms with Crippen molar-refractivity contribution in [2.75, 3.05) is 44.7 Å². The van der Waals surface area contributed by atoms with E-state index in [1.54, 1.807) is 25.4 Å². The smallest absolute Gasteiger partial charge is 0.490 e. The van der Waals surface area contributed by atoms with Crippen LogP contribution >= 0.6 is 0 Å². The van der Waals surface area contributed by atoms with Crippen molar-refractivity contribution in [3.63, 3.8) is 0 Å². The Bertz CT molecular complexity index is 1410. The summed E-state index contributed by atoms with van der Waals surface area (Å²) in [6.45, 7) is 0.736. The van der Waals surface area contributed by atoms with E-state index in [0.717, 1.165) is 0 Å². The van der Waals surface area contributed by atoms with E-state index >= 15 is 0 Å². The molecule has 0 saturated carbocycles. The van der Waals surface area contributed by atoms with Crippen LogP contribution in [-0.4, -0.2) is 97.8 Å². The Morgan fingerprint density at radius 1 is 1.15 bits per heavy atom. The third kappa shape index (κ3) is 7.29. The molecule has 2 N–H and O–H groups in total. The summed E-state index contributed by atoms with van der Waals surface area (Å²) in [5.74, 6) is -2.26. The van der Waals surface area contributed by atoms with Gasteiger partial charge < -0.3 is 19.6 Å². The van der Waals surface area contributed by atoms with Gasteiger partial charge in [-0.05, 0) is 34.6 Å². The average Bonchev–Trinajstić information content (AvgIpc) is 3.40. The van der Waals surface area contributed by atoms with Crippen molar-refractivity contribution in [2.45, 2.75) is 17.2 Å². The number of piperazine rings is 1. The second-order valence-electron chi connectivity index (χ2n) is 7.85. The number of nitrogens with one attached hydrogen (secondary N) is 1. The van der Waals surface area contributed by atoms with Crippen LogP contribution in [0.1, 0.15) is 0 Å². The molecule has 39 heavy (non-hydrogen) atoms. The minimum Gasteiger partial charge on any atom is -0.493 e. The fraction of sp³-hybridized carbons (Fsp3) is 0.381. The normalized spacial score (nSPS) is 14.9. The zero-order valence-electron chi connectivity index (χ0n) is 20.1. The molecule has 0 aliphatic carbocycles. The lowest BCUT2D eigenvalue weighted by molar-refractivity contribution is -0.192. The largest absolute Gasteiger partial charge is 0.493 e. The molecule has 1 fully saturated rings. The summed E-state index contributed by atoms with van der Waals surface area (Å²) in [5, 5.41) is 14.3. The van der Waals surface area contributed by atoms with Crippen molar-refractivity contribution in [3.05, 3.63) is 36.5 Å². The molecule has 1 saturated heterocycles. The third-order valence-corrected chi connectivity index (χ3v) is 6.82. The van der Waals surface area contributed by atoms with Gasteiger partial charge in [0.1, 0.15) is 10.4 Å². The van der Waals surface area contributed by atoms with Gasteiger partial charge in [0.05, 0.1) is 13.7 Å². The maximum Gasteiger partial charge on any atom is 0.490 e. The molecule has 212 valence electrons. The summed E-state index contributed by atoms with van der Waals surface area (Å²) in [7, 11) is -2.57. The monoisotopic (exact) mass is 578 g/mol. The Labute approximate surface area is 218 Å². The highest BCUT2D eigenvalue weighted by Gasteiger charge is 2.38. The number of carbonyl (C=O) groups excluding carboxylic acids is 1. The molecule has 1 atom stereocenters. The lowest BCUT2D eigenvalue weighted by atomic mass is 10.2. The summed E-state index contributed by atoms with van der Waals surface area (Å²) in [4.78, 5) is 28.8. The number of carboxylic acids is 1. The fourth-order valence-corrected chi connectivity index (χ4v) is 4.64. The van der Waals surface area contributed by atoms with Crippen LogP contribution in [-0.2, 0) is 19.6 Å². The predicted octanol–water partition coefficient (Wildman–Crippen LogP) is 1.22. The molecule has 1 aliphatic heterocycles. The van der Waals surface area contributed by atoms with Crippen molar-refractivity contribution < 1.29 is 50.0 Å². The predicted molar refractivity (Wildman–Crippen MR) is 125 cm³/mol. The molecule has 3 aromatic rings. The number of hydrogen-bond donors (Lipinski definition) is 2. The van der Waals surface area contributed by atoms with Gasteiger partial charge in [-0.25, -0.2) is 31.9 Å². The van der Waals surface area contributed by atoms with Gasteiger partial charge in [0.15, 0.2) is 23.3 Å². The van der Waals surface area contributed by atoms with E-state index in [-0.39, 0.29) is 29.0 Å². The van der Waals surface area contributed by atoms with Gasteiger partial charge in [-0.3, -0.25) is 4.79 Å². The van der Waals surface area contributed by atoms with E-state index in [2.05, 4.69) is 24.6 Å². The number of aromatic nitrogens is 3. The second-order valence-corrected chi connectivity index (χ2v) is 9.59. The van der Waals surface area contributed by atoms with Gasteiger partial charge in [0.2, 0.25) is 10.0 Å². The van der Waals surface area contributed by atoms with Crippen LogP contribution in [0.5, 0.6) is 5.75 Å². The van der Waals surface area contributed by atoms with Crippen LogP contribution in [0, 0.1) is 0 Å². The summed E-state index contributed by atoms with van der Waals surface area (Å²) < 4.78 is 83.5. The Morgan fingerprint density at radius 2 is 1.82 bits per heavy atom. The standard InChI is InChI=1S/C19H21FN6O5S.C2HF3O2/c1-30-15-5-3-7-21-18(15)25-8-10-26(11-9-25)19(27)13(20)12-22-32(28,29)16-6-2-4-14-17(16)24-31-23-14;3-2(4,5)1(6)7/h2-7,13,22H,8-12H2,1H3;(H,6,7). The van der Waals surface area contributed by atoms with Crippen LogP contribution in [0.15, 0.2) is 46.1 Å². The Hall–Kier alpha value is -4.06. The highest BCUT2D eigenvalue weighted by Crippen LogP contribution is 2.26. The Kier molecular flexibility index (Phi) is 9.23. The van der Waals surface area contributed by atoms with E-state index in [0.29, 0.717) is 24.7 Å². The molecule has 1 aliphatic rings. The number of benzene rings is 1. The number of rotatable bonds is 7. The number of ether oxygens (including phenoxy) is 1. The second kappa shape index (κ2) is 12.2. The van der Waals surface area contributed by atoms with Crippen molar-refractivity contribution in [1.82, 2.24) is 24.9 Å². The molecule has 0 spiro atoms. The van der Waals surface area contributed by atoms with E-state index in [1.165, 1.54) is 23.1 Å². The molecular weight excluding hydrogens is 556 g/mol. The maximum absolute atomic E-state index is 14.6. The fourth-order valence-electron chi connectivity index (χ4n) is 3.46. The van der Waals surface area contributed by atoms with E-state index in [1.807, 2.05) is 4.90 Å². The van der Waals surface area contributed by atoms with Gasteiger partial charge in [-0.1, -0.05) is 6.07 Å². The zero-order valence-corrected chi connectivity index (χ0v) is 20.9. The number of anilines is 1. The van der Waals surface area contributed by atoms with Crippen LogP contribution in [0.3, 0.4) is 0 Å². The van der Waals surface area contributed by atoms with E-state index < -0.39 is 40.8 Å². The Balaban J connectivity index is 0.000000532. The minimum absolute atomic E-state index is 0.0304. The molecule has 0 radical (unpaired) electrons. The maximum atomic E-state index is 14.6. The molecule has 3 heterocycles. The number of aliphatic carboxylic acids is 1. The number of amides is 1. The Morgan fingerprint density at radius 3 is 2.44 bits per heavy atom. The van der Waals surface area contributed by atoms with Gasteiger partial charge >= 0.3 is 12.1 Å². The highest BCUT2D eigenvalue weighted by molar-refractivity contribution is 7.89. The molecular formula is C21H22F4N6O7S. The van der Waals surface area contributed by atoms with Gasteiger partial charge in [0.25, 0.3) is 5.91 Å². The lowest BCUT2D eigenvalue weighted by Gasteiger charge is -2.36. The molecule has 18 heteroatoms. The molecule has 13 nitrogen and oxygen atoms in total. The number of hydrogen-bond acceptors (Lipinski definition) is 10. The van der Waals surface area contributed by atoms with Gasteiger partial charge in [-0.2, -0.15) is 13.2 Å². The number of methoxy groups -OCH3 is 1. The van der Waals surface area contributed by atoms with Crippen molar-refractivity contribution >= 4 is 38.8 Å². The van der Waals surface area contributed by atoms with Crippen molar-refractivity contribution in [3.8, 4) is 5.75 Å². The highest BCUT2D eigenvalue weighted by atomic mass is 32.2. The van der Waals surface area contributed by atoms with Crippen molar-refractivity contribution in [1.29, 1.82) is 0 Å². The van der Waals surface area contributed by atoms with Gasteiger partial charge in [0, 0.05) is 32.4 Å². The van der Waals surface area contributed by atoms with Crippen LogP contribution in [0.4, 0.5) is 23.4 Å². The first kappa shape index (κ1) is 29.5. The number of pyridine rings is 1. The molecule has 1 unspecified atom stereocenters. The van der Waals surface area contributed by atoms with Crippen LogP contribution < -0.4 is 14.4 Å². The minimum atomic E-state index is -5.08. The van der Waals surface area contributed by atoms with E-state index in [4.69, 9.17) is 14.6 Å². The first-order valence-electron chi connectivity index (χ1n) is 11.0. The molecule has 2 aromatic heterocycles. The summed E-state index contributed by atoms with van der Waals surface area (Å²) in [5.41, 5.74) is 0.283. The quantitative estimate of drug-likeness (QED) is 0.387. The molecule has 4 rings (SSSR count). The topological polar surface area (TPSA) is 168 Å². The SMILES string of the molecule is COc1cccnc1N1CCN(C(=O)C(F)CNS(=O)(=O)c2cccc3nonc23)CC1.O=C(O)C(F)(F)F. The van der Waals surface area contributed by atoms with Crippen LogP contribution in [0.25, 0.3) is 11.0 Å². The molecule has 0 bridgehead atoms.